The summed E-state index contributed by atoms with van der Waals surface area (Å²) >= 11 is 0. The Balaban J connectivity index is 1.84. The molecule has 0 fully saturated rings. The van der Waals surface area contributed by atoms with Crippen LogP contribution < -0.4 is 0 Å². The summed E-state index contributed by atoms with van der Waals surface area (Å²) in [5.41, 5.74) is 8.03. The smallest absolute Gasteiger partial charge is 0.0998 e. The third kappa shape index (κ3) is 3.36. The van der Waals surface area contributed by atoms with Gasteiger partial charge < -0.3 is 0 Å². The minimum atomic E-state index is 0.667. The molecule has 2 nitrogen and oxygen atoms in total. The highest BCUT2D eigenvalue weighted by Crippen LogP contribution is 2.31. The van der Waals surface area contributed by atoms with E-state index in [0.29, 0.717) is 5.56 Å². The van der Waals surface area contributed by atoms with Crippen molar-refractivity contribution in [2.75, 3.05) is 0 Å². The Morgan fingerprint density at radius 2 is 1.33 bits per heavy atom. The summed E-state index contributed by atoms with van der Waals surface area (Å²) in [5.74, 6) is 0. The number of nitrogens with zero attached hydrogens (tertiary/aromatic N) is 2. The second kappa shape index (κ2) is 7.27. The topological polar surface area (TPSA) is 36.7 Å². The predicted octanol–water partition coefficient (Wildman–Crippen LogP) is 6.26. The SMILES string of the molecule is Cc1cnc(-c2ccc(C#N)c(-c3ccccc3)c2)cc1-c1ccccc1. The summed E-state index contributed by atoms with van der Waals surface area (Å²) in [4.78, 5) is 4.64. The van der Waals surface area contributed by atoms with Gasteiger partial charge >= 0.3 is 0 Å². The minimum absolute atomic E-state index is 0.667. The van der Waals surface area contributed by atoms with E-state index in [2.05, 4.69) is 42.2 Å². The minimum Gasteiger partial charge on any atom is -0.256 e. The molecule has 0 saturated heterocycles. The maximum Gasteiger partial charge on any atom is 0.0998 e. The van der Waals surface area contributed by atoms with E-state index >= 15 is 0 Å². The molecule has 4 aromatic rings. The lowest BCUT2D eigenvalue weighted by Crippen LogP contribution is -1.91. The van der Waals surface area contributed by atoms with E-state index in [1.165, 1.54) is 11.1 Å². The van der Waals surface area contributed by atoms with Crippen molar-refractivity contribution in [2.24, 2.45) is 0 Å². The van der Waals surface area contributed by atoms with Gasteiger partial charge in [0.2, 0.25) is 0 Å². The Labute approximate surface area is 159 Å². The van der Waals surface area contributed by atoms with Crippen LogP contribution in [-0.4, -0.2) is 4.98 Å². The third-order valence-electron chi connectivity index (χ3n) is 4.71. The van der Waals surface area contributed by atoms with Gasteiger partial charge in [0.25, 0.3) is 0 Å². The molecule has 0 atom stereocenters. The van der Waals surface area contributed by atoms with Gasteiger partial charge in [0, 0.05) is 17.3 Å². The predicted molar refractivity (Wildman–Crippen MR) is 110 cm³/mol. The van der Waals surface area contributed by atoms with Gasteiger partial charge in [-0.25, -0.2) is 0 Å². The summed E-state index contributed by atoms with van der Waals surface area (Å²) in [5, 5.41) is 9.50. The standard InChI is InChI=1S/C25H18N2/c1-18-17-27-25(15-23(18)19-8-4-2-5-9-19)21-12-13-22(16-26)24(14-21)20-10-6-3-7-11-20/h2-15,17H,1H3. The lowest BCUT2D eigenvalue weighted by Gasteiger charge is -2.11. The zero-order valence-corrected chi connectivity index (χ0v) is 15.1. The van der Waals surface area contributed by atoms with Gasteiger partial charge in [0.15, 0.2) is 0 Å². The maximum atomic E-state index is 9.50. The maximum absolute atomic E-state index is 9.50. The van der Waals surface area contributed by atoms with Crippen molar-refractivity contribution in [2.45, 2.75) is 6.92 Å². The normalized spacial score (nSPS) is 10.4. The van der Waals surface area contributed by atoms with Gasteiger partial charge in [-0.05, 0) is 47.4 Å². The van der Waals surface area contributed by atoms with E-state index in [1.807, 2.05) is 66.9 Å². The molecule has 4 rings (SSSR count). The van der Waals surface area contributed by atoms with Crippen LogP contribution in [0.25, 0.3) is 33.5 Å². The first-order chi connectivity index (χ1) is 13.3. The highest BCUT2D eigenvalue weighted by atomic mass is 14.7. The van der Waals surface area contributed by atoms with Crippen LogP contribution in [-0.2, 0) is 0 Å². The van der Waals surface area contributed by atoms with E-state index in [1.54, 1.807) is 0 Å². The molecule has 0 aliphatic heterocycles. The van der Waals surface area contributed by atoms with Crippen LogP contribution in [0.2, 0.25) is 0 Å². The van der Waals surface area contributed by atoms with Crippen molar-refractivity contribution in [3.8, 4) is 39.6 Å². The molecular weight excluding hydrogens is 328 g/mol. The van der Waals surface area contributed by atoms with Crippen LogP contribution in [0.1, 0.15) is 11.1 Å². The first-order valence-electron chi connectivity index (χ1n) is 8.88. The number of rotatable bonds is 3. The lowest BCUT2D eigenvalue weighted by atomic mass is 9.95. The Morgan fingerprint density at radius 1 is 0.704 bits per heavy atom. The first kappa shape index (κ1) is 16.8. The zero-order chi connectivity index (χ0) is 18.6. The second-order valence-electron chi connectivity index (χ2n) is 6.49. The zero-order valence-electron chi connectivity index (χ0n) is 15.1. The summed E-state index contributed by atoms with van der Waals surface area (Å²) < 4.78 is 0. The van der Waals surface area contributed by atoms with Crippen LogP contribution in [0.15, 0.2) is 91.1 Å². The van der Waals surface area contributed by atoms with Crippen LogP contribution in [0.3, 0.4) is 0 Å². The van der Waals surface area contributed by atoms with Crippen molar-refractivity contribution in [3.05, 3.63) is 102 Å². The third-order valence-corrected chi connectivity index (χ3v) is 4.71. The second-order valence-corrected chi connectivity index (χ2v) is 6.49. The monoisotopic (exact) mass is 346 g/mol. The number of aryl methyl sites for hydroxylation is 1. The summed E-state index contributed by atoms with van der Waals surface area (Å²) in [7, 11) is 0. The van der Waals surface area contributed by atoms with Gasteiger partial charge in [-0.3, -0.25) is 4.98 Å². The molecule has 1 heterocycles. The number of hydrogen-bond acceptors (Lipinski definition) is 2. The lowest BCUT2D eigenvalue weighted by molar-refractivity contribution is 1.27. The molecule has 1 aromatic heterocycles. The van der Waals surface area contributed by atoms with Crippen molar-refractivity contribution >= 4 is 0 Å². The van der Waals surface area contributed by atoms with Crippen molar-refractivity contribution < 1.29 is 0 Å². The van der Waals surface area contributed by atoms with Crippen LogP contribution in [0.4, 0.5) is 0 Å². The van der Waals surface area contributed by atoms with Gasteiger partial charge in [-0.2, -0.15) is 5.26 Å². The largest absolute Gasteiger partial charge is 0.256 e. The molecular formula is C25H18N2. The number of nitriles is 1. The van der Waals surface area contributed by atoms with Gasteiger partial charge in [0.1, 0.15) is 0 Å². The average molecular weight is 346 g/mol. The molecule has 0 spiro atoms. The number of hydrogen-bond donors (Lipinski definition) is 0. The van der Waals surface area contributed by atoms with E-state index in [0.717, 1.165) is 27.9 Å². The van der Waals surface area contributed by atoms with Crippen molar-refractivity contribution in [1.29, 1.82) is 5.26 Å². The molecule has 0 unspecified atom stereocenters. The van der Waals surface area contributed by atoms with E-state index in [-0.39, 0.29) is 0 Å². The van der Waals surface area contributed by atoms with E-state index in [9.17, 15) is 5.26 Å². The first-order valence-corrected chi connectivity index (χ1v) is 8.88. The van der Waals surface area contributed by atoms with Gasteiger partial charge in [-0.15, -0.1) is 0 Å². The number of pyridine rings is 1. The van der Waals surface area contributed by atoms with Crippen LogP contribution in [0.5, 0.6) is 0 Å². The molecule has 0 N–H and O–H groups in total. The fourth-order valence-electron chi connectivity index (χ4n) is 3.27. The van der Waals surface area contributed by atoms with Crippen LogP contribution in [0, 0.1) is 18.3 Å². The highest BCUT2D eigenvalue weighted by Gasteiger charge is 2.10. The van der Waals surface area contributed by atoms with Gasteiger partial charge in [-0.1, -0.05) is 66.7 Å². The fourth-order valence-corrected chi connectivity index (χ4v) is 3.27. The molecule has 0 saturated carbocycles. The average Bonchev–Trinajstić information content (AvgIpc) is 2.75. The highest BCUT2D eigenvalue weighted by molar-refractivity contribution is 5.79. The van der Waals surface area contributed by atoms with Gasteiger partial charge in [0.05, 0.1) is 17.3 Å². The molecule has 0 bridgehead atoms. The van der Waals surface area contributed by atoms with Crippen LogP contribution >= 0.6 is 0 Å². The quantitative estimate of drug-likeness (QED) is 0.439. The van der Waals surface area contributed by atoms with E-state index in [4.69, 9.17) is 0 Å². The molecule has 2 heteroatoms. The Hall–Kier alpha value is -3.70. The molecule has 3 aromatic carbocycles. The molecule has 0 radical (unpaired) electrons. The molecule has 0 aliphatic rings. The van der Waals surface area contributed by atoms with Crippen molar-refractivity contribution in [1.82, 2.24) is 4.98 Å². The Morgan fingerprint density at radius 3 is 1.96 bits per heavy atom. The Bertz CT molecular complexity index is 1120. The Kier molecular flexibility index (Phi) is 4.51. The molecule has 128 valence electrons. The molecule has 27 heavy (non-hydrogen) atoms. The summed E-state index contributed by atoms with van der Waals surface area (Å²) in [6.07, 6.45) is 1.91. The number of aromatic nitrogens is 1. The number of benzene rings is 3. The van der Waals surface area contributed by atoms with E-state index < -0.39 is 0 Å². The fraction of sp³-hybridized carbons (Fsp3) is 0.0400. The van der Waals surface area contributed by atoms with Crippen molar-refractivity contribution in [3.63, 3.8) is 0 Å². The molecule has 0 amide bonds. The summed E-state index contributed by atoms with van der Waals surface area (Å²) in [6.45, 7) is 2.08. The summed E-state index contributed by atoms with van der Waals surface area (Å²) in [6, 6.07) is 30.7. The molecule has 0 aliphatic carbocycles.